The van der Waals surface area contributed by atoms with Crippen molar-refractivity contribution in [2.45, 2.75) is 25.9 Å². The summed E-state index contributed by atoms with van der Waals surface area (Å²) in [6, 6.07) is 13.4. The van der Waals surface area contributed by atoms with Crippen molar-refractivity contribution in [2.24, 2.45) is 5.92 Å². The van der Waals surface area contributed by atoms with Crippen LogP contribution in [-0.2, 0) is 9.53 Å². The monoisotopic (exact) mass is 520 g/mol. The lowest BCUT2D eigenvalue weighted by Gasteiger charge is -2.25. The Labute approximate surface area is 188 Å². The number of nitriles is 1. The lowest BCUT2D eigenvalue weighted by molar-refractivity contribution is -0.131. The largest absolute Gasteiger partial charge is 0.508 e. The molecule has 0 saturated heterocycles. The number of rotatable bonds is 8. The van der Waals surface area contributed by atoms with Gasteiger partial charge in [-0.3, -0.25) is 5.32 Å². The van der Waals surface area contributed by atoms with Crippen molar-refractivity contribution in [3.63, 3.8) is 0 Å². The van der Waals surface area contributed by atoms with Crippen LogP contribution in [0.4, 0.5) is 10.5 Å². The van der Waals surface area contributed by atoms with Crippen LogP contribution < -0.4 is 5.32 Å². The summed E-state index contributed by atoms with van der Waals surface area (Å²) in [5, 5.41) is 30.5. The highest BCUT2D eigenvalue weighted by Gasteiger charge is 2.26. The van der Waals surface area contributed by atoms with Crippen LogP contribution >= 0.6 is 22.6 Å². The Balaban J connectivity index is 2.17. The second-order valence-corrected chi connectivity index (χ2v) is 7.88. The number of benzene rings is 2. The van der Waals surface area contributed by atoms with Crippen LogP contribution in [-0.4, -0.2) is 22.3 Å². The van der Waals surface area contributed by atoms with Gasteiger partial charge < -0.3 is 14.9 Å². The molecule has 156 valence electrons. The molecule has 0 bridgehead atoms. The van der Waals surface area contributed by atoms with Gasteiger partial charge in [0, 0.05) is 20.9 Å². The summed E-state index contributed by atoms with van der Waals surface area (Å²) < 4.78 is 6.53. The number of carbonyl (C=O) groups is 2. The van der Waals surface area contributed by atoms with Crippen LogP contribution in [0.25, 0.3) is 0 Å². The summed E-state index contributed by atoms with van der Waals surface area (Å²) in [6.45, 7) is 1.87. The summed E-state index contributed by atoms with van der Waals surface area (Å²) >= 11 is 2.11. The minimum atomic E-state index is -1.02. The number of aromatic hydroxyl groups is 1. The zero-order valence-electron chi connectivity index (χ0n) is 16.2. The molecule has 0 radical (unpaired) electrons. The number of hydrogen-bond donors (Lipinski definition) is 3. The van der Waals surface area contributed by atoms with Gasteiger partial charge in [0.1, 0.15) is 11.9 Å². The predicted octanol–water partition coefficient (Wildman–Crippen LogP) is 5.22. The van der Waals surface area contributed by atoms with Crippen molar-refractivity contribution in [3.05, 3.63) is 69.3 Å². The number of aliphatic carboxylic acids is 1. The van der Waals surface area contributed by atoms with Gasteiger partial charge in [0.05, 0.1) is 11.6 Å². The molecule has 2 rings (SSSR count). The number of carboxylic acid groups (broad SMARTS) is 1. The third kappa shape index (κ3) is 7.08. The van der Waals surface area contributed by atoms with Crippen molar-refractivity contribution < 1.29 is 24.5 Å². The van der Waals surface area contributed by atoms with E-state index in [1.165, 1.54) is 0 Å². The number of nitrogens with one attached hydrogen (secondary N) is 1. The van der Waals surface area contributed by atoms with E-state index >= 15 is 0 Å². The molecule has 0 spiro atoms. The summed E-state index contributed by atoms with van der Waals surface area (Å²) in [7, 11) is 0. The quantitative estimate of drug-likeness (QED) is 0.325. The lowest BCUT2D eigenvalue weighted by Crippen LogP contribution is -2.22. The molecule has 2 aromatic carbocycles. The average Bonchev–Trinajstić information content (AvgIpc) is 2.71. The number of carbonyl (C=O) groups excluding carboxylic acids is 1. The highest BCUT2D eigenvalue weighted by Crippen LogP contribution is 2.36. The van der Waals surface area contributed by atoms with Crippen molar-refractivity contribution in [3.8, 4) is 11.8 Å². The molecule has 0 unspecified atom stereocenters. The number of nitrogens with zero attached hydrogens (tertiary/aromatic N) is 1. The molecule has 3 N–H and O–H groups in total. The Morgan fingerprint density at radius 1 is 1.27 bits per heavy atom. The third-order valence-electron chi connectivity index (χ3n) is 4.36. The lowest BCUT2D eigenvalue weighted by atomic mass is 9.92. The van der Waals surface area contributed by atoms with Gasteiger partial charge in [-0.2, -0.15) is 5.26 Å². The number of allylic oxidation sites excluding steroid dienone is 1. The molecule has 0 aliphatic rings. The van der Waals surface area contributed by atoms with Crippen LogP contribution in [0.3, 0.4) is 0 Å². The molecule has 0 heterocycles. The van der Waals surface area contributed by atoms with Crippen LogP contribution in [0, 0.1) is 20.8 Å². The maximum atomic E-state index is 12.5. The molecule has 2 atom stereocenters. The molecular formula is C22H21IN2O5. The number of amides is 1. The molecule has 0 aliphatic heterocycles. The average molecular weight is 520 g/mol. The van der Waals surface area contributed by atoms with Gasteiger partial charge >= 0.3 is 12.1 Å². The molecule has 0 saturated carbocycles. The maximum absolute atomic E-state index is 12.5. The summed E-state index contributed by atoms with van der Waals surface area (Å²) in [6.07, 6.45) is 2.20. The fraction of sp³-hybridized carbons (Fsp3) is 0.227. The van der Waals surface area contributed by atoms with Crippen molar-refractivity contribution in [1.29, 1.82) is 5.26 Å². The van der Waals surface area contributed by atoms with E-state index in [4.69, 9.17) is 15.1 Å². The summed E-state index contributed by atoms with van der Waals surface area (Å²) in [5.41, 5.74) is 1.42. The molecule has 8 heteroatoms. The van der Waals surface area contributed by atoms with Gasteiger partial charge in [0.25, 0.3) is 0 Å². The second-order valence-electron chi connectivity index (χ2n) is 6.64. The number of halogens is 1. The zero-order chi connectivity index (χ0) is 22.1. The second kappa shape index (κ2) is 11.2. The molecule has 0 aromatic heterocycles. The fourth-order valence-corrected chi connectivity index (χ4v) is 3.34. The van der Waals surface area contributed by atoms with Gasteiger partial charge in [-0.1, -0.05) is 13.0 Å². The van der Waals surface area contributed by atoms with Gasteiger partial charge in [0.15, 0.2) is 0 Å². The van der Waals surface area contributed by atoms with Crippen molar-refractivity contribution in [1.82, 2.24) is 0 Å². The first kappa shape index (κ1) is 23.2. The van der Waals surface area contributed by atoms with Crippen LogP contribution in [0.15, 0.2) is 54.6 Å². The Kier molecular flexibility index (Phi) is 8.68. The Morgan fingerprint density at radius 3 is 2.60 bits per heavy atom. The van der Waals surface area contributed by atoms with Crippen molar-refractivity contribution >= 4 is 40.3 Å². The van der Waals surface area contributed by atoms with Gasteiger partial charge in [-0.25, -0.2) is 9.59 Å². The van der Waals surface area contributed by atoms with Crippen molar-refractivity contribution in [2.75, 3.05) is 5.32 Å². The van der Waals surface area contributed by atoms with E-state index in [1.54, 1.807) is 48.5 Å². The highest BCUT2D eigenvalue weighted by atomic mass is 127. The first-order valence-corrected chi connectivity index (χ1v) is 10.2. The molecule has 7 nitrogen and oxygen atoms in total. The highest BCUT2D eigenvalue weighted by molar-refractivity contribution is 14.1. The first-order chi connectivity index (χ1) is 14.3. The SMILES string of the molecule is C[C@H](CC/C=C/C(=O)O)[C@H](OC(=O)Nc1ccc(C#N)cc1)c1cc(I)ccc1O. The predicted molar refractivity (Wildman–Crippen MR) is 120 cm³/mol. The van der Waals surface area contributed by atoms with Gasteiger partial charge in [-0.15, -0.1) is 0 Å². The smallest absolute Gasteiger partial charge is 0.412 e. The van der Waals surface area contributed by atoms with Gasteiger partial charge in [-0.05, 0) is 83.8 Å². The summed E-state index contributed by atoms with van der Waals surface area (Å²) in [4.78, 5) is 23.1. The van der Waals surface area contributed by atoms with E-state index in [-0.39, 0.29) is 11.7 Å². The number of phenols is 1. The number of hydrogen-bond acceptors (Lipinski definition) is 5. The van der Waals surface area contributed by atoms with E-state index in [0.717, 1.165) is 9.65 Å². The molecule has 1 amide bonds. The van der Waals surface area contributed by atoms with Crippen LogP contribution in [0.5, 0.6) is 5.75 Å². The van der Waals surface area contributed by atoms with Gasteiger partial charge in [0.2, 0.25) is 0 Å². The zero-order valence-corrected chi connectivity index (χ0v) is 18.4. The standard InChI is InChI=1S/C22H21IN2O5/c1-14(4-2-3-5-20(27)28)21(18-12-16(23)8-11-19(18)26)30-22(29)25-17-9-6-15(13-24)7-10-17/h3,5-12,14,21,26H,2,4H2,1H3,(H,25,29)(H,27,28)/b5-3+/t14-,21+/m1/s1. The van der Waals surface area contributed by atoms with Crippen LogP contribution in [0.2, 0.25) is 0 Å². The minimum absolute atomic E-state index is 0.0134. The summed E-state index contributed by atoms with van der Waals surface area (Å²) in [5.74, 6) is -1.20. The third-order valence-corrected chi connectivity index (χ3v) is 5.03. The molecular weight excluding hydrogens is 499 g/mol. The Hall–Kier alpha value is -3.06. The topological polar surface area (TPSA) is 120 Å². The minimum Gasteiger partial charge on any atom is -0.508 e. The molecule has 2 aromatic rings. The maximum Gasteiger partial charge on any atom is 0.412 e. The molecule has 30 heavy (non-hydrogen) atoms. The number of ether oxygens (including phenoxy) is 1. The van der Waals surface area contributed by atoms with E-state index in [0.29, 0.717) is 29.7 Å². The Morgan fingerprint density at radius 2 is 1.97 bits per heavy atom. The number of phenolic OH excluding ortho intramolecular Hbond substituents is 1. The number of anilines is 1. The van der Waals surface area contributed by atoms with E-state index < -0.39 is 18.2 Å². The van der Waals surface area contributed by atoms with E-state index in [9.17, 15) is 14.7 Å². The normalized spacial score (nSPS) is 12.7. The van der Waals surface area contributed by atoms with E-state index in [1.807, 2.05) is 13.0 Å². The molecule has 0 aliphatic carbocycles. The van der Waals surface area contributed by atoms with Crippen LogP contribution in [0.1, 0.15) is 37.0 Å². The number of carboxylic acids is 1. The molecule has 0 fully saturated rings. The fourth-order valence-electron chi connectivity index (χ4n) is 2.82. The Bertz CT molecular complexity index is 966. The van der Waals surface area contributed by atoms with E-state index in [2.05, 4.69) is 27.9 Å². The first-order valence-electron chi connectivity index (χ1n) is 9.16.